The van der Waals surface area contributed by atoms with Crippen LogP contribution >= 0.6 is 12.4 Å². The minimum Gasteiger partial charge on any atom is -0.496 e. The van der Waals surface area contributed by atoms with Crippen molar-refractivity contribution in [2.75, 3.05) is 12.8 Å². The smallest absolute Gasteiger partial charge is 0.339 e. The van der Waals surface area contributed by atoms with E-state index in [0.29, 0.717) is 5.69 Å². The van der Waals surface area contributed by atoms with E-state index < -0.39 is 5.97 Å². The second-order valence-corrected chi connectivity index (χ2v) is 2.26. The predicted octanol–water partition coefficient (Wildman–Crippen LogP) is 1.40. The van der Waals surface area contributed by atoms with Crippen molar-refractivity contribution in [3.63, 3.8) is 0 Å². The maximum absolute atomic E-state index is 10.6. The van der Waals surface area contributed by atoms with Crippen molar-refractivity contribution in [3.8, 4) is 5.75 Å². The highest BCUT2D eigenvalue weighted by Crippen LogP contribution is 2.20. The number of nitrogen functional groups attached to an aromatic ring is 1. The Morgan fingerprint density at radius 3 is 2.62 bits per heavy atom. The maximum Gasteiger partial charge on any atom is 0.339 e. The number of methoxy groups -OCH3 is 1. The molecule has 0 amide bonds. The van der Waals surface area contributed by atoms with Crippen LogP contribution in [0.2, 0.25) is 0 Å². The summed E-state index contributed by atoms with van der Waals surface area (Å²) < 4.78 is 4.83. The van der Waals surface area contributed by atoms with Gasteiger partial charge in [0.25, 0.3) is 0 Å². The topological polar surface area (TPSA) is 72.5 Å². The van der Waals surface area contributed by atoms with Gasteiger partial charge in [-0.2, -0.15) is 0 Å². The first-order valence-electron chi connectivity index (χ1n) is 3.32. The zero-order chi connectivity index (χ0) is 9.14. The van der Waals surface area contributed by atoms with Gasteiger partial charge < -0.3 is 15.6 Å². The molecule has 4 nitrogen and oxygen atoms in total. The van der Waals surface area contributed by atoms with Gasteiger partial charge in [0.2, 0.25) is 0 Å². The molecular weight excluding hydrogens is 194 g/mol. The molecule has 0 saturated heterocycles. The number of carboxylic acids is 1. The maximum atomic E-state index is 10.6. The molecule has 0 aromatic heterocycles. The van der Waals surface area contributed by atoms with Crippen LogP contribution in [0.15, 0.2) is 18.2 Å². The highest BCUT2D eigenvalue weighted by molar-refractivity contribution is 5.91. The largest absolute Gasteiger partial charge is 0.496 e. The summed E-state index contributed by atoms with van der Waals surface area (Å²) in [6.45, 7) is 0. The zero-order valence-corrected chi connectivity index (χ0v) is 7.80. The summed E-state index contributed by atoms with van der Waals surface area (Å²) in [6.07, 6.45) is 0. The van der Waals surface area contributed by atoms with Crippen LogP contribution in [-0.2, 0) is 0 Å². The third-order valence-corrected chi connectivity index (χ3v) is 1.46. The molecule has 13 heavy (non-hydrogen) atoms. The van der Waals surface area contributed by atoms with Crippen molar-refractivity contribution in [2.45, 2.75) is 0 Å². The van der Waals surface area contributed by atoms with E-state index in [0.717, 1.165) is 0 Å². The summed E-state index contributed by atoms with van der Waals surface area (Å²) in [5.74, 6) is -0.741. The molecule has 72 valence electrons. The van der Waals surface area contributed by atoms with Crippen LogP contribution in [-0.4, -0.2) is 18.2 Å². The Morgan fingerprint density at radius 1 is 1.54 bits per heavy atom. The van der Waals surface area contributed by atoms with Gasteiger partial charge in [0, 0.05) is 11.8 Å². The first-order chi connectivity index (χ1) is 5.65. The lowest BCUT2D eigenvalue weighted by atomic mass is 10.2. The van der Waals surface area contributed by atoms with Crippen molar-refractivity contribution in [1.29, 1.82) is 0 Å². The molecule has 0 aliphatic carbocycles. The summed E-state index contributed by atoms with van der Waals surface area (Å²) >= 11 is 0. The Morgan fingerprint density at radius 2 is 2.15 bits per heavy atom. The second-order valence-electron chi connectivity index (χ2n) is 2.26. The van der Waals surface area contributed by atoms with Gasteiger partial charge in [-0.3, -0.25) is 0 Å². The summed E-state index contributed by atoms with van der Waals surface area (Å²) in [4.78, 5) is 10.6. The normalized spacial score (nSPS) is 8.69. The molecule has 0 spiro atoms. The fourth-order valence-corrected chi connectivity index (χ4v) is 0.884. The monoisotopic (exact) mass is 203 g/mol. The first kappa shape index (κ1) is 11.6. The Labute approximate surface area is 81.7 Å². The van der Waals surface area contributed by atoms with Crippen molar-refractivity contribution in [2.24, 2.45) is 0 Å². The quantitative estimate of drug-likeness (QED) is 0.713. The van der Waals surface area contributed by atoms with Crippen LogP contribution in [0.5, 0.6) is 5.75 Å². The number of carboxylic acid groups (broad SMARTS) is 1. The van der Waals surface area contributed by atoms with Gasteiger partial charge in [-0.1, -0.05) is 0 Å². The van der Waals surface area contributed by atoms with Crippen LogP contribution in [0.25, 0.3) is 0 Å². The SMILES string of the molecule is COc1cc(N)ccc1C(=O)O.Cl. The van der Waals surface area contributed by atoms with Gasteiger partial charge >= 0.3 is 5.97 Å². The Bertz CT molecular complexity index is 314. The number of ether oxygens (including phenoxy) is 1. The number of nitrogens with two attached hydrogens (primary N) is 1. The fraction of sp³-hybridized carbons (Fsp3) is 0.125. The third-order valence-electron chi connectivity index (χ3n) is 1.46. The molecule has 0 aliphatic heterocycles. The summed E-state index contributed by atoms with van der Waals surface area (Å²) in [7, 11) is 1.40. The van der Waals surface area contributed by atoms with E-state index in [1.165, 1.54) is 25.3 Å². The van der Waals surface area contributed by atoms with Gasteiger partial charge in [-0.05, 0) is 12.1 Å². The molecule has 3 N–H and O–H groups in total. The fourth-order valence-electron chi connectivity index (χ4n) is 0.884. The van der Waals surface area contributed by atoms with E-state index >= 15 is 0 Å². The van der Waals surface area contributed by atoms with Crippen LogP contribution in [0.3, 0.4) is 0 Å². The Balaban J connectivity index is 0.00000144. The molecule has 5 heteroatoms. The second kappa shape index (κ2) is 4.57. The van der Waals surface area contributed by atoms with Gasteiger partial charge in [-0.15, -0.1) is 12.4 Å². The highest BCUT2D eigenvalue weighted by atomic mass is 35.5. The van der Waals surface area contributed by atoms with Gasteiger partial charge in [0.15, 0.2) is 0 Å². The predicted molar refractivity (Wildman–Crippen MR) is 51.6 cm³/mol. The third kappa shape index (κ3) is 2.52. The van der Waals surface area contributed by atoms with Crippen molar-refractivity contribution in [3.05, 3.63) is 23.8 Å². The van der Waals surface area contributed by atoms with E-state index in [1.54, 1.807) is 0 Å². The molecule has 0 radical (unpaired) electrons. The van der Waals surface area contributed by atoms with Crippen LogP contribution in [0.1, 0.15) is 10.4 Å². The number of aromatic carboxylic acids is 1. The van der Waals surface area contributed by atoms with Gasteiger partial charge in [0.1, 0.15) is 11.3 Å². The molecule has 0 bridgehead atoms. The molecule has 0 fully saturated rings. The molecule has 0 atom stereocenters. The van der Waals surface area contributed by atoms with Crippen LogP contribution in [0.4, 0.5) is 5.69 Å². The number of benzene rings is 1. The van der Waals surface area contributed by atoms with Crippen molar-refractivity contribution >= 4 is 24.1 Å². The number of anilines is 1. The first-order valence-corrected chi connectivity index (χ1v) is 3.32. The molecule has 1 rings (SSSR count). The number of carbonyl (C=O) groups is 1. The van der Waals surface area contributed by atoms with Crippen LogP contribution < -0.4 is 10.5 Å². The standard InChI is InChI=1S/C8H9NO3.ClH/c1-12-7-4-5(9)2-3-6(7)8(10)11;/h2-4H,9H2,1H3,(H,10,11);1H. The minimum atomic E-state index is -1.02. The van der Waals surface area contributed by atoms with Crippen molar-refractivity contribution < 1.29 is 14.6 Å². The lowest BCUT2D eigenvalue weighted by molar-refractivity contribution is 0.0693. The molecule has 0 saturated carbocycles. The highest BCUT2D eigenvalue weighted by Gasteiger charge is 2.09. The summed E-state index contributed by atoms with van der Waals surface area (Å²) in [5.41, 5.74) is 6.03. The Hall–Kier alpha value is -1.42. The van der Waals surface area contributed by atoms with E-state index in [2.05, 4.69) is 0 Å². The van der Waals surface area contributed by atoms with Gasteiger partial charge in [-0.25, -0.2) is 4.79 Å². The van der Waals surface area contributed by atoms with E-state index in [9.17, 15) is 4.79 Å². The Kier molecular flexibility index (Phi) is 4.07. The molecule has 1 aromatic carbocycles. The lowest BCUT2D eigenvalue weighted by Gasteiger charge is -2.04. The number of hydrogen-bond acceptors (Lipinski definition) is 3. The molecule has 1 aromatic rings. The van der Waals surface area contributed by atoms with Crippen molar-refractivity contribution in [1.82, 2.24) is 0 Å². The number of halogens is 1. The van der Waals surface area contributed by atoms with Crippen LogP contribution in [0, 0.1) is 0 Å². The zero-order valence-electron chi connectivity index (χ0n) is 6.98. The average molecular weight is 204 g/mol. The number of rotatable bonds is 2. The summed E-state index contributed by atoms with van der Waals surface area (Å²) in [6, 6.07) is 4.41. The molecule has 0 aliphatic rings. The van der Waals surface area contributed by atoms with E-state index in [1.807, 2.05) is 0 Å². The molecule has 0 heterocycles. The lowest BCUT2D eigenvalue weighted by Crippen LogP contribution is -2.00. The number of hydrogen-bond donors (Lipinski definition) is 2. The minimum absolute atomic E-state index is 0. The molecular formula is C8H10ClNO3. The summed E-state index contributed by atoms with van der Waals surface area (Å²) in [5, 5.41) is 8.67. The van der Waals surface area contributed by atoms with E-state index in [-0.39, 0.29) is 23.7 Å². The molecule has 0 unspecified atom stereocenters. The van der Waals surface area contributed by atoms with E-state index in [4.69, 9.17) is 15.6 Å². The van der Waals surface area contributed by atoms with Gasteiger partial charge in [0.05, 0.1) is 7.11 Å². The average Bonchev–Trinajstić information content (AvgIpc) is 2.03.